The zero-order valence-corrected chi connectivity index (χ0v) is 10.4. The zero-order chi connectivity index (χ0) is 11.4. The Labute approximate surface area is 88.8 Å². The molecule has 5 heteroatoms. The molecule has 0 fully saturated rings. The van der Waals surface area contributed by atoms with Crippen LogP contribution in [0.15, 0.2) is 4.99 Å². The first kappa shape index (κ1) is 13.4. The van der Waals surface area contributed by atoms with Crippen LogP contribution in [-0.2, 0) is 10.8 Å². The topological polar surface area (TPSA) is 67.5 Å². The Balaban J connectivity index is 4.07. The standard InChI is InChI=1S/C9H21N3OS/c1-7(14(5)13)6-11-8(10)12-9(2,3)4/h7H,6H2,1-5H3,(H3,10,11,12). The Hall–Kier alpha value is -0.580. The van der Waals surface area contributed by atoms with E-state index in [4.69, 9.17) is 5.73 Å². The third kappa shape index (κ3) is 6.88. The van der Waals surface area contributed by atoms with Gasteiger partial charge in [0.15, 0.2) is 5.96 Å². The van der Waals surface area contributed by atoms with Gasteiger partial charge in [-0.1, -0.05) is 0 Å². The average Bonchev–Trinajstić information content (AvgIpc) is 1.96. The molecule has 0 aliphatic rings. The van der Waals surface area contributed by atoms with Crippen molar-refractivity contribution >= 4 is 16.8 Å². The number of hydrogen-bond donors (Lipinski definition) is 2. The van der Waals surface area contributed by atoms with Gasteiger partial charge in [0.2, 0.25) is 0 Å². The molecule has 0 heterocycles. The van der Waals surface area contributed by atoms with E-state index in [1.807, 2.05) is 27.7 Å². The zero-order valence-electron chi connectivity index (χ0n) is 9.63. The SMILES string of the molecule is CC(CN=C(N)NC(C)(C)C)S(C)=O. The molecular formula is C9H21N3OS. The summed E-state index contributed by atoms with van der Waals surface area (Å²) in [6, 6.07) is 0. The van der Waals surface area contributed by atoms with E-state index in [1.54, 1.807) is 6.26 Å². The lowest BCUT2D eigenvalue weighted by Crippen LogP contribution is -2.45. The molecule has 0 saturated heterocycles. The van der Waals surface area contributed by atoms with Gasteiger partial charge in [-0.05, 0) is 27.7 Å². The van der Waals surface area contributed by atoms with Crippen LogP contribution in [0.5, 0.6) is 0 Å². The van der Waals surface area contributed by atoms with E-state index in [-0.39, 0.29) is 10.8 Å². The van der Waals surface area contributed by atoms with Crippen molar-refractivity contribution < 1.29 is 4.21 Å². The van der Waals surface area contributed by atoms with Crippen LogP contribution in [0.4, 0.5) is 0 Å². The molecule has 2 unspecified atom stereocenters. The average molecular weight is 219 g/mol. The van der Waals surface area contributed by atoms with Crippen LogP contribution in [0, 0.1) is 0 Å². The third-order valence-corrected chi connectivity index (χ3v) is 2.87. The Morgan fingerprint density at radius 1 is 1.57 bits per heavy atom. The summed E-state index contributed by atoms with van der Waals surface area (Å²) in [5.41, 5.74) is 5.57. The van der Waals surface area contributed by atoms with Gasteiger partial charge in [-0.15, -0.1) is 0 Å². The minimum atomic E-state index is -0.840. The number of hydrogen-bond acceptors (Lipinski definition) is 2. The Bertz CT molecular complexity index is 233. The smallest absolute Gasteiger partial charge is 0.189 e. The van der Waals surface area contributed by atoms with Crippen molar-refractivity contribution in [1.29, 1.82) is 0 Å². The van der Waals surface area contributed by atoms with Crippen LogP contribution in [-0.4, -0.2) is 33.8 Å². The molecule has 14 heavy (non-hydrogen) atoms. The van der Waals surface area contributed by atoms with Gasteiger partial charge in [0.1, 0.15) is 0 Å². The summed E-state index contributed by atoms with van der Waals surface area (Å²) in [5, 5.41) is 3.09. The summed E-state index contributed by atoms with van der Waals surface area (Å²) in [6.45, 7) is 8.42. The maximum atomic E-state index is 11.0. The molecule has 0 radical (unpaired) electrons. The van der Waals surface area contributed by atoms with Crippen molar-refractivity contribution in [1.82, 2.24) is 5.32 Å². The molecule has 3 N–H and O–H groups in total. The Morgan fingerprint density at radius 2 is 2.07 bits per heavy atom. The predicted molar refractivity (Wildman–Crippen MR) is 62.9 cm³/mol. The van der Waals surface area contributed by atoms with E-state index in [1.165, 1.54) is 0 Å². The molecule has 0 amide bonds. The Morgan fingerprint density at radius 3 is 2.43 bits per heavy atom. The normalized spacial score (nSPS) is 17.6. The van der Waals surface area contributed by atoms with Crippen LogP contribution in [0.1, 0.15) is 27.7 Å². The quantitative estimate of drug-likeness (QED) is 0.535. The molecular weight excluding hydrogens is 198 g/mol. The second-order valence-corrected chi connectivity index (χ2v) is 6.21. The monoisotopic (exact) mass is 219 g/mol. The minimum Gasteiger partial charge on any atom is -0.370 e. The fourth-order valence-electron chi connectivity index (χ4n) is 0.756. The largest absolute Gasteiger partial charge is 0.370 e. The van der Waals surface area contributed by atoms with Gasteiger partial charge < -0.3 is 11.1 Å². The lowest BCUT2D eigenvalue weighted by Gasteiger charge is -2.21. The summed E-state index contributed by atoms with van der Waals surface area (Å²) < 4.78 is 11.0. The van der Waals surface area contributed by atoms with Gasteiger partial charge in [-0.2, -0.15) is 0 Å². The highest BCUT2D eigenvalue weighted by Gasteiger charge is 2.10. The van der Waals surface area contributed by atoms with E-state index >= 15 is 0 Å². The second-order valence-electron chi connectivity index (χ2n) is 4.41. The maximum Gasteiger partial charge on any atom is 0.189 e. The minimum absolute atomic E-state index is 0.0512. The highest BCUT2D eigenvalue weighted by atomic mass is 32.2. The number of rotatable bonds is 3. The van der Waals surface area contributed by atoms with E-state index < -0.39 is 10.8 Å². The maximum absolute atomic E-state index is 11.0. The number of guanidine groups is 1. The predicted octanol–water partition coefficient (Wildman–Crippen LogP) is 0.456. The number of aliphatic imine (C=N–C) groups is 1. The summed E-state index contributed by atoms with van der Waals surface area (Å²) in [7, 11) is -0.840. The van der Waals surface area contributed by atoms with Crippen LogP contribution in [0.3, 0.4) is 0 Å². The molecule has 0 rings (SSSR count). The molecule has 0 aromatic heterocycles. The van der Waals surface area contributed by atoms with Crippen LogP contribution in [0.2, 0.25) is 0 Å². The molecule has 0 saturated carbocycles. The number of nitrogens with two attached hydrogens (primary N) is 1. The summed E-state index contributed by atoms with van der Waals surface area (Å²) in [6.07, 6.45) is 1.67. The third-order valence-electron chi connectivity index (χ3n) is 1.59. The highest BCUT2D eigenvalue weighted by molar-refractivity contribution is 7.84. The van der Waals surface area contributed by atoms with Crippen molar-refractivity contribution in [2.45, 2.75) is 38.5 Å². The van der Waals surface area contributed by atoms with Crippen LogP contribution >= 0.6 is 0 Å². The first-order valence-electron chi connectivity index (χ1n) is 4.62. The van der Waals surface area contributed by atoms with Crippen molar-refractivity contribution in [2.24, 2.45) is 10.7 Å². The van der Waals surface area contributed by atoms with E-state index in [0.29, 0.717) is 12.5 Å². The number of nitrogens with zero attached hydrogens (tertiary/aromatic N) is 1. The van der Waals surface area contributed by atoms with E-state index in [2.05, 4.69) is 10.3 Å². The summed E-state index contributed by atoms with van der Waals surface area (Å²) in [4.78, 5) is 4.12. The summed E-state index contributed by atoms with van der Waals surface area (Å²) >= 11 is 0. The second kappa shape index (κ2) is 5.34. The number of nitrogens with one attached hydrogen (secondary N) is 1. The van der Waals surface area contributed by atoms with Gasteiger partial charge in [0, 0.05) is 22.6 Å². The van der Waals surface area contributed by atoms with Gasteiger partial charge in [0.25, 0.3) is 0 Å². The van der Waals surface area contributed by atoms with Gasteiger partial charge in [-0.25, -0.2) is 0 Å². The molecule has 0 aliphatic carbocycles. The van der Waals surface area contributed by atoms with Crippen molar-refractivity contribution in [3.05, 3.63) is 0 Å². The van der Waals surface area contributed by atoms with Gasteiger partial charge in [-0.3, -0.25) is 9.20 Å². The van der Waals surface area contributed by atoms with Crippen molar-refractivity contribution in [2.75, 3.05) is 12.8 Å². The highest BCUT2D eigenvalue weighted by Crippen LogP contribution is 1.98. The van der Waals surface area contributed by atoms with Crippen molar-refractivity contribution in [3.8, 4) is 0 Å². The lowest BCUT2D eigenvalue weighted by molar-refractivity contribution is 0.508. The van der Waals surface area contributed by atoms with Crippen molar-refractivity contribution in [3.63, 3.8) is 0 Å². The molecule has 0 bridgehead atoms. The fourth-order valence-corrected chi connectivity index (χ4v) is 1.04. The molecule has 2 atom stereocenters. The first-order valence-corrected chi connectivity index (χ1v) is 6.25. The molecule has 0 spiro atoms. The molecule has 84 valence electrons. The molecule has 0 aromatic rings. The lowest BCUT2D eigenvalue weighted by atomic mass is 10.1. The Kier molecular flexibility index (Phi) is 5.12. The van der Waals surface area contributed by atoms with Crippen LogP contribution < -0.4 is 11.1 Å². The first-order chi connectivity index (χ1) is 6.22. The molecule has 4 nitrogen and oxygen atoms in total. The fraction of sp³-hybridized carbons (Fsp3) is 0.889. The molecule has 0 aromatic carbocycles. The van der Waals surface area contributed by atoms with E-state index in [0.717, 1.165) is 0 Å². The van der Waals surface area contributed by atoms with Gasteiger partial charge >= 0.3 is 0 Å². The van der Waals surface area contributed by atoms with Gasteiger partial charge in [0.05, 0.1) is 11.8 Å². The molecule has 0 aliphatic heterocycles. The summed E-state index contributed by atoms with van der Waals surface area (Å²) in [5.74, 6) is 0.412. The van der Waals surface area contributed by atoms with E-state index in [9.17, 15) is 4.21 Å². The van der Waals surface area contributed by atoms with Crippen LogP contribution in [0.25, 0.3) is 0 Å².